The van der Waals surface area contributed by atoms with Gasteiger partial charge >= 0.3 is 11.8 Å². The lowest BCUT2D eigenvalue weighted by Gasteiger charge is -2.19. The molecule has 27 heavy (non-hydrogen) atoms. The molecule has 0 aliphatic heterocycles. The highest BCUT2D eigenvalue weighted by Gasteiger charge is 2.17. The first-order valence-electron chi connectivity index (χ1n) is 9.11. The molecule has 0 spiro atoms. The number of unbranched alkanes of at least 4 members (excludes halogenated alkanes) is 2. The molecule has 0 atom stereocenters. The highest BCUT2D eigenvalue weighted by Crippen LogP contribution is 2.12. The Kier molecular flexibility index (Phi) is 6.12. The second kappa shape index (κ2) is 7.98. The maximum atomic E-state index is 12.4. The number of rotatable bonds is 6. The molecule has 0 bridgehead atoms. The van der Waals surface area contributed by atoms with Gasteiger partial charge in [0.1, 0.15) is 11.4 Å². The topological polar surface area (TPSA) is 100 Å². The minimum atomic E-state index is -0.499. The monoisotopic (exact) mass is 379 g/mol. The van der Waals surface area contributed by atoms with E-state index in [1.54, 1.807) is 18.7 Å². The number of nitrogens with one attached hydrogen (secondary N) is 1. The van der Waals surface area contributed by atoms with Crippen LogP contribution in [0.5, 0.6) is 0 Å². The summed E-state index contributed by atoms with van der Waals surface area (Å²) in [5.74, 6) is 0.767. The Morgan fingerprint density at radius 2 is 1.70 bits per heavy atom. The third kappa shape index (κ3) is 4.78. The van der Waals surface area contributed by atoms with E-state index in [2.05, 4.69) is 10.3 Å². The summed E-state index contributed by atoms with van der Waals surface area (Å²) in [5.41, 5.74) is -0.379. The van der Waals surface area contributed by atoms with E-state index in [9.17, 15) is 14.4 Å². The van der Waals surface area contributed by atoms with Crippen molar-refractivity contribution in [1.82, 2.24) is 24.0 Å². The quantitative estimate of drug-likeness (QED) is 0.761. The van der Waals surface area contributed by atoms with Crippen molar-refractivity contribution >= 4 is 17.3 Å². The smallest absolute Gasteiger partial charge is 0.407 e. The highest BCUT2D eigenvalue weighted by molar-refractivity contribution is 5.70. The summed E-state index contributed by atoms with van der Waals surface area (Å²) in [7, 11) is 4.87. The summed E-state index contributed by atoms with van der Waals surface area (Å²) in [5, 5.41) is 2.73. The van der Waals surface area contributed by atoms with E-state index in [-0.39, 0.29) is 11.2 Å². The first-order valence-corrected chi connectivity index (χ1v) is 9.11. The van der Waals surface area contributed by atoms with E-state index in [1.807, 2.05) is 20.8 Å². The van der Waals surface area contributed by atoms with Crippen LogP contribution in [0, 0.1) is 0 Å². The van der Waals surface area contributed by atoms with Crippen LogP contribution >= 0.6 is 0 Å². The number of hydrogen-bond acceptors (Lipinski definition) is 5. The predicted molar refractivity (Wildman–Crippen MR) is 103 cm³/mol. The number of carbonyl (C=O) groups excluding carboxylic acids is 1. The third-order valence-corrected chi connectivity index (χ3v) is 4.31. The molecule has 1 N–H and O–H groups in total. The predicted octanol–water partition coefficient (Wildman–Crippen LogP) is 1.21. The zero-order valence-corrected chi connectivity index (χ0v) is 17.0. The SMILES string of the molecule is Cn1c(=O)c2c(nc(CCCCCNC(=O)OC(C)(C)C)n2C)n(C)c1=O. The molecule has 2 aromatic rings. The van der Waals surface area contributed by atoms with E-state index in [1.165, 1.54) is 11.6 Å². The van der Waals surface area contributed by atoms with Gasteiger partial charge < -0.3 is 14.6 Å². The van der Waals surface area contributed by atoms with Crippen LogP contribution in [-0.4, -0.2) is 36.9 Å². The number of fused-ring (bicyclic) bond motifs is 1. The van der Waals surface area contributed by atoms with Crippen LogP contribution in [0.2, 0.25) is 0 Å². The third-order valence-electron chi connectivity index (χ3n) is 4.31. The molecule has 150 valence electrons. The fourth-order valence-corrected chi connectivity index (χ4v) is 2.88. The van der Waals surface area contributed by atoms with Gasteiger partial charge in [0.15, 0.2) is 11.2 Å². The summed E-state index contributed by atoms with van der Waals surface area (Å²) < 4.78 is 9.43. The number of carbonyl (C=O) groups is 1. The van der Waals surface area contributed by atoms with Gasteiger partial charge in [0.05, 0.1) is 0 Å². The Morgan fingerprint density at radius 3 is 2.33 bits per heavy atom. The van der Waals surface area contributed by atoms with Crippen molar-refractivity contribution in [1.29, 1.82) is 0 Å². The van der Waals surface area contributed by atoms with Crippen molar-refractivity contribution in [3.05, 3.63) is 26.7 Å². The van der Waals surface area contributed by atoms with Crippen LogP contribution < -0.4 is 16.6 Å². The Hall–Kier alpha value is -2.58. The van der Waals surface area contributed by atoms with Crippen molar-refractivity contribution < 1.29 is 9.53 Å². The van der Waals surface area contributed by atoms with E-state index in [0.29, 0.717) is 24.1 Å². The average Bonchev–Trinajstić information content (AvgIpc) is 2.89. The molecular formula is C18H29N5O4. The fourth-order valence-electron chi connectivity index (χ4n) is 2.88. The number of amides is 1. The summed E-state index contributed by atoms with van der Waals surface area (Å²) in [6.45, 7) is 6.03. The first kappa shape index (κ1) is 20.7. The first-order chi connectivity index (χ1) is 12.5. The van der Waals surface area contributed by atoms with Crippen LogP contribution in [0.15, 0.2) is 9.59 Å². The molecule has 2 aromatic heterocycles. The number of nitrogens with zero attached hydrogens (tertiary/aromatic N) is 4. The highest BCUT2D eigenvalue weighted by atomic mass is 16.6. The number of imidazole rings is 1. The molecule has 9 heteroatoms. The van der Waals surface area contributed by atoms with E-state index < -0.39 is 11.7 Å². The van der Waals surface area contributed by atoms with Gasteiger partial charge in [0.25, 0.3) is 5.56 Å². The Morgan fingerprint density at radius 1 is 1.04 bits per heavy atom. The summed E-state index contributed by atoms with van der Waals surface area (Å²) in [4.78, 5) is 40.4. The van der Waals surface area contributed by atoms with Crippen LogP contribution in [0.25, 0.3) is 11.2 Å². The van der Waals surface area contributed by atoms with Gasteiger partial charge in [0, 0.05) is 34.1 Å². The maximum Gasteiger partial charge on any atom is 0.407 e. The Balaban J connectivity index is 1.91. The lowest BCUT2D eigenvalue weighted by molar-refractivity contribution is 0.0527. The van der Waals surface area contributed by atoms with Crippen molar-refractivity contribution in [2.75, 3.05) is 6.54 Å². The molecule has 0 aromatic carbocycles. The fraction of sp³-hybridized carbons (Fsp3) is 0.667. The molecule has 2 heterocycles. The van der Waals surface area contributed by atoms with E-state index >= 15 is 0 Å². The maximum absolute atomic E-state index is 12.4. The number of aryl methyl sites for hydroxylation is 3. The number of aromatic nitrogens is 4. The molecule has 0 unspecified atom stereocenters. The minimum Gasteiger partial charge on any atom is -0.444 e. The molecule has 0 saturated heterocycles. The second-order valence-corrected chi connectivity index (χ2v) is 7.70. The van der Waals surface area contributed by atoms with Crippen molar-refractivity contribution in [2.45, 2.75) is 52.1 Å². The molecule has 0 aliphatic rings. The molecule has 0 radical (unpaired) electrons. The van der Waals surface area contributed by atoms with E-state index in [4.69, 9.17) is 4.74 Å². The van der Waals surface area contributed by atoms with E-state index in [0.717, 1.165) is 29.7 Å². The van der Waals surface area contributed by atoms with Gasteiger partial charge in [-0.3, -0.25) is 13.9 Å². The standard InChI is InChI=1S/C18H29N5O4/c1-18(2,3)27-16(25)19-11-9-7-8-10-12-20-14-13(21(12)4)15(24)23(6)17(26)22(14)5/h7-11H2,1-6H3,(H,19,25). The van der Waals surface area contributed by atoms with Crippen molar-refractivity contribution in [3.8, 4) is 0 Å². The minimum absolute atomic E-state index is 0.337. The molecule has 0 fully saturated rings. The summed E-state index contributed by atoms with van der Waals surface area (Å²) in [6.07, 6.45) is 2.87. The van der Waals surface area contributed by atoms with Gasteiger partial charge in [-0.2, -0.15) is 0 Å². The van der Waals surface area contributed by atoms with Gasteiger partial charge in [-0.25, -0.2) is 14.6 Å². The second-order valence-electron chi connectivity index (χ2n) is 7.70. The van der Waals surface area contributed by atoms with Gasteiger partial charge in [-0.15, -0.1) is 0 Å². The molecule has 2 rings (SSSR count). The zero-order chi connectivity index (χ0) is 20.4. The lowest BCUT2D eigenvalue weighted by Crippen LogP contribution is -2.37. The molecule has 0 saturated carbocycles. The molecule has 0 aliphatic carbocycles. The van der Waals surface area contributed by atoms with Crippen LogP contribution in [0.1, 0.15) is 45.9 Å². The Labute approximate surface area is 158 Å². The Bertz CT molecular complexity index is 946. The van der Waals surface area contributed by atoms with Crippen LogP contribution in [0.3, 0.4) is 0 Å². The number of alkyl carbamates (subject to hydrolysis) is 1. The van der Waals surface area contributed by atoms with Crippen molar-refractivity contribution in [2.24, 2.45) is 21.1 Å². The van der Waals surface area contributed by atoms with Crippen molar-refractivity contribution in [3.63, 3.8) is 0 Å². The van der Waals surface area contributed by atoms with Gasteiger partial charge in [0.2, 0.25) is 0 Å². The van der Waals surface area contributed by atoms with Crippen LogP contribution in [-0.2, 0) is 32.3 Å². The summed E-state index contributed by atoms with van der Waals surface area (Å²) in [6, 6.07) is 0. The zero-order valence-electron chi connectivity index (χ0n) is 17.0. The number of ether oxygens (including phenoxy) is 1. The molecule has 1 amide bonds. The molecular weight excluding hydrogens is 350 g/mol. The lowest BCUT2D eigenvalue weighted by atomic mass is 10.2. The number of hydrogen-bond donors (Lipinski definition) is 1. The largest absolute Gasteiger partial charge is 0.444 e. The van der Waals surface area contributed by atoms with Crippen LogP contribution in [0.4, 0.5) is 4.79 Å². The summed E-state index contributed by atoms with van der Waals surface area (Å²) >= 11 is 0. The van der Waals surface area contributed by atoms with Gasteiger partial charge in [-0.05, 0) is 33.6 Å². The normalized spacial score (nSPS) is 11.8. The van der Waals surface area contributed by atoms with Gasteiger partial charge in [-0.1, -0.05) is 6.42 Å². The molecule has 9 nitrogen and oxygen atoms in total. The average molecular weight is 379 g/mol.